The van der Waals surface area contributed by atoms with Crippen LogP contribution in [0.2, 0.25) is 0 Å². The second-order valence-corrected chi connectivity index (χ2v) is 5.12. The lowest BCUT2D eigenvalue weighted by Crippen LogP contribution is -2.23. The molecule has 1 saturated heterocycles. The van der Waals surface area contributed by atoms with E-state index in [0.29, 0.717) is 6.04 Å². The Bertz CT molecular complexity index is 308. The first-order chi connectivity index (χ1) is 7.88. The molecule has 0 aliphatic carbocycles. The fourth-order valence-corrected chi connectivity index (χ4v) is 2.84. The molecule has 3 nitrogen and oxygen atoms in total. The van der Waals surface area contributed by atoms with E-state index in [2.05, 4.69) is 15.7 Å². The van der Waals surface area contributed by atoms with Crippen LogP contribution in [0.15, 0.2) is 5.38 Å². The molecule has 0 radical (unpaired) electrons. The fourth-order valence-electron chi connectivity index (χ4n) is 2.04. The highest BCUT2D eigenvalue weighted by Gasteiger charge is 2.15. The number of nitrogens with zero attached hydrogens (tertiary/aromatic N) is 1. The average Bonchev–Trinajstić information content (AvgIpc) is 2.91. The van der Waals surface area contributed by atoms with Gasteiger partial charge in [-0.1, -0.05) is 0 Å². The number of thiazole rings is 1. The predicted molar refractivity (Wildman–Crippen MR) is 67.0 cm³/mol. The summed E-state index contributed by atoms with van der Waals surface area (Å²) < 4.78 is 5.33. The summed E-state index contributed by atoms with van der Waals surface area (Å²) >= 11 is 1.76. The molecule has 2 rings (SSSR count). The molecule has 1 aromatic rings. The van der Waals surface area contributed by atoms with Crippen LogP contribution in [0, 0.1) is 0 Å². The van der Waals surface area contributed by atoms with Gasteiger partial charge in [0.1, 0.15) is 0 Å². The zero-order valence-electron chi connectivity index (χ0n) is 9.87. The molecule has 1 aliphatic rings. The van der Waals surface area contributed by atoms with E-state index in [1.165, 1.54) is 30.1 Å². The molecule has 0 amide bonds. The summed E-state index contributed by atoms with van der Waals surface area (Å²) in [5, 5.41) is 6.91. The lowest BCUT2D eigenvalue weighted by molar-refractivity contribution is 0.151. The van der Waals surface area contributed by atoms with E-state index in [-0.39, 0.29) is 0 Å². The van der Waals surface area contributed by atoms with E-state index in [9.17, 15) is 0 Å². The Balaban J connectivity index is 1.77. The summed E-state index contributed by atoms with van der Waals surface area (Å²) in [5.74, 6) is 0. The first-order valence-corrected chi connectivity index (χ1v) is 7.01. The molecule has 1 aliphatic heterocycles. The van der Waals surface area contributed by atoms with Crippen molar-refractivity contribution in [3.8, 4) is 0 Å². The average molecular weight is 240 g/mol. The van der Waals surface area contributed by atoms with Gasteiger partial charge >= 0.3 is 0 Å². The van der Waals surface area contributed by atoms with E-state index in [4.69, 9.17) is 4.74 Å². The van der Waals surface area contributed by atoms with Gasteiger partial charge in [0.15, 0.2) is 0 Å². The summed E-state index contributed by atoms with van der Waals surface area (Å²) in [4.78, 5) is 4.64. The Labute approximate surface area is 101 Å². The van der Waals surface area contributed by atoms with E-state index in [1.807, 2.05) is 6.92 Å². The highest BCUT2D eigenvalue weighted by atomic mass is 32.1. The third kappa shape index (κ3) is 3.54. The fraction of sp³-hybridized carbons (Fsp3) is 0.750. The Morgan fingerprint density at radius 3 is 3.31 bits per heavy atom. The monoisotopic (exact) mass is 240 g/mol. The smallest absolute Gasteiger partial charge is 0.0951 e. The topological polar surface area (TPSA) is 34.1 Å². The van der Waals surface area contributed by atoms with Crippen molar-refractivity contribution >= 4 is 11.3 Å². The maximum atomic E-state index is 5.33. The van der Waals surface area contributed by atoms with Gasteiger partial charge in [0.05, 0.1) is 17.3 Å². The predicted octanol–water partition coefficient (Wildman–Crippen LogP) is 2.02. The maximum absolute atomic E-state index is 5.33. The van der Waals surface area contributed by atoms with Crippen molar-refractivity contribution in [2.45, 2.75) is 38.6 Å². The molecule has 4 heteroatoms. The first-order valence-electron chi connectivity index (χ1n) is 6.13. The minimum absolute atomic E-state index is 0.654. The summed E-state index contributed by atoms with van der Waals surface area (Å²) in [7, 11) is 0. The first kappa shape index (κ1) is 12.0. The van der Waals surface area contributed by atoms with Crippen LogP contribution in [0.5, 0.6) is 0 Å². The molecular weight excluding hydrogens is 220 g/mol. The molecule has 1 N–H and O–H groups in total. The van der Waals surface area contributed by atoms with Gasteiger partial charge in [-0.2, -0.15) is 0 Å². The molecule has 0 aromatic carbocycles. The van der Waals surface area contributed by atoms with Crippen LogP contribution in [0.4, 0.5) is 0 Å². The van der Waals surface area contributed by atoms with Crippen molar-refractivity contribution in [2.75, 3.05) is 19.8 Å². The number of nitrogens with one attached hydrogen (secondary N) is 1. The standard InChI is InChI=1S/C12H20N2OS/c1-2-15-7-5-12-14-11(9-16-12)8-10-4-3-6-13-10/h9-10,13H,2-8H2,1H3. The Hall–Kier alpha value is -0.450. The van der Waals surface area contributed by atoms with Crippen LogP contribution < -0.4 is 5.32 Å². The van der Waals surface area contributed by atoms with E-state index in [1.54, 1.807) is 11.3 Å². The van der Waals surface area contributed by atoms with E-state index < -0.39 is 0 Å². The second kappa shape index (κ2) is 6.33. The third-order valence-electron chi connectivity index (χ3n) is 2.88. The largest absolute Gasteiger partial charge is 0.381 e. The van der Waals surface area contributed by atoms with Crippen LogP contribution in [0.3, 0.4) is 0 Å². The molecule has 16 heavy (non-hydrogen) atoms. The minimum Gasteiger partial charge on any atom is -0.381 e. The van der Waals surface area contributed by atoms with Crippen LogP contribution >= 0.6 is 11.3 Å². The molecule has 1 atom stereocenters. The normalized spacial score (nSPS) is 20.4. The third-order valence-corrected chi connectivity index (χ3v) is 3.84. The molecule has 2 heterocycles. The maximum Gasteiger partial charge on any atom is 0.0951 e. The van der Waals surface area contributed by atoms with Gasteiger partial charge < -0.3 is 10.1 Å². The SMILES string of the molecule is CCOCCc1nc(CC2CCCN2)cs1. The van der Waals surface area contributed by atoms with E-state index >= 15 is 0 Å². The van der Waals surface area contributed by atoms with Crippen LogP contribution in [-0.2, 0) is 17.6 Å². The summed E-state index contributed by atoms with van der Waals surface area (Å²) in [6.45, 7) is 4.79. The van der Waals surface area contributed by atoms with Gasteiger partial charge in [-0.05, 0) is 26.3 Å². The van der Waals surface area contributed by atoms with Crippen LogP contribution in [0.1, 0.15) is 30.5 Å². The summed E-state index contributed by atoms with van der Waals surface area (Å²) in [6.07, 6.45) is 4.65. The van der Waals surface area contributed by atoms with Gasteiger partial charge in [-0.15, -0.1) is 11.3 Å². The van der Waals surface area contributed by atoms with Gasteiger partial charge in [0, 0.05) is 30.9 Å². The van der Waals surface area contributed by atoms with Gasteiger partial charge in [-0.25, -0.2) is 4.98 Å². The Morgan fingerprint density at radius 1 is 1.62 bits per heavy atom. The summed E-state index contributed by atoms with van der Waals surface area (Å²) in [5.41, 5.74) is 1.25. The molecule has 1 aromatic heterocycles. The van der Waals surface area contributed by atoms with Gasteiger partial charge in [-0.3, -0.25) is 0 Å². The lowest BCUT2D eigenvalue weighted by Gasteiger charge is -2.06. The highest BCUT2D eigenvalue weighted by Crippen LogP contribution is 2.15. The Kier molecular flexibility index (Phi) is 4.75. The number of hydrogen-bond donors (Lipinski definition) is 1. The number of ether oxygens (including phenoxy) is 1. The van der Waals surface area contributed by atoms with Crippen molar-refractivity contribution in [1.82, 2.24) is 10.3 Å². The number of aromatic nitrogens is 1. The molecule has 0 bridgehead atoms. The van der Waals surface area contributed by atoms with Crippen molar-refractivity contribution in [1.29, 1.82) is 0 Å². The molecule has 1 fully saturated rings. The zero-order valence-corrected chi connectivity index (χ0v) is 10.7. The zero-order chi connectivity index (χ0) is 11.2. The molecular formula is C12H20N2OS. The lowest BCUT2D eigenvalue weighted by atomic mass is 10.1. The van der Waals surface area contributed by atoms with Gasteiger partial charge in [0.25, 0.3) is 0 Å². The van der Waals surface area contributed by atoms with Crippen LogP contribution in [0.25, 0.3) is 0 Å². The molecule has 0 spiro atoms. The van der Waals surface area contributed by atoms with Crippen molar-refractivity contribution in [3.63, 3.8) is 0 Å². The molecule has 90 valence electrons. The minimum atomic E-state index is 0.654. The quantitative estimate of drug-likeness (QED) is 0.772. The Morgan fingerprint density at radius 2 is 2.56 bits per heavy atom. The second-order valence-electron chi connectivity index (χ2n) is 4.18. The number of hydrogen-bond acceptors (Lipinski definition) is 4. The number of rotatable bonds is 6. The van der Waals surface area contributed by atoms with E-state index in [0.717, 1.165) is 26.1 Å². The molecule has 1 unspecified atom stereocenters. The summed E-state index contributed by atoms with van der Waals surface area (Å²) in [6, 6.07) is 0.654. The molecule has 0 saturated carbocycles. The van der Waals surface area contributed by atoms with Gasteiger partial charge in [0.2, 0.25) is 0 Å². The van der Waals surface area contributed by atoms with Crippen molar-refractivity contribution in [2.24, 2.45) is 0 Å². The highest BCUT2D eigenvalue weighted by molar-refractivity contribution is 7.09. The van der Waals surface area contributed by atoms with Crippen molar-refractivity contribution < 1.29 is 4.74 Å². The van der Waals surface area contributed by atoms with Crippen LogP contribution in [-0.4, -0.2) is 30.8 Å². The van der Waals surface area contributed by atoms with Crippen molar-refractivity contribution in [3.05, 3.63) is 16.1 Å².